The number of hydrogen-bond donors (Lipinski definition) is 1. The zero-order chi connectivity index (χ0) is 14.5. The van der Waals surface area contributed by atoms with Crippen molar-refractivity contribution in [2.45, 2.75) is 47.1 Å². The number of hydrogen-bond acceptors (Lipinski definition) is 2. The van der Waals surface area contributed by atoms with Crippen LogP contribution in [0.5, 0.6) is 5.75 Å². The Morgan fingerprint density at radius 3 is 2.53 bits per heavy atom. The van der Waals surface area contributed by atoms with E-state index in [1.54, 1.807) is 13.0 Å². The maximum absolute atomic E-state index is 13.4. The predicted molar refractivity (Wildman–Crippen MR) is 78.2 cm³/mol. The van der Waals surface area contributed by atoms with Crippen molar-refractivity contribution in [2.75, 3.05) is 13.2 Å². The summed E-state index contributed by atoms with van der Waals surface area (Å²) in [5, 5.41) is 3.49. The van der Waals surface area contributed by atoms with Crippen LogP contribution in [0.3, 0.4) is 0 Å². The van der Waals surface area contributed by atoms with Gasteiger partial charge in [-0.2, -0.15) is 0 Å². The zero-order valence-electron chi connectivity index (χ0n) is 12.7. The minimum Gasteiger partial charge on any atom is -0.492 e. The quantitative estimate of drug-likeness (QED) is 0.843. The minimum atomic E-state index is -0.216. The number of rotatable bonds is 6. The Morgan fingerprint density at radius 1 is 1.32 bits per heavy atom. The molecule has 1 aromatic rings. The van der Waals surface area contributed by atoms with Crippen molar-refractivity contribution in [3.8, 4) is 5.75 Å². The second-order valence-electron chi connectivity index (χ2n) is 6.09. The van der Waals surface area contributed by atoms with Crippen LogP contribution in [0.2, 0.25) is 0 Å². The van der Waals surface area contributed by atoms with E-state index in [-0.39, 0.29) is 17.3 Å². The van der Waals surface area contributed by atoms with E-state index < -0.39 is 0 Å². The Morgan fingerprint density at radius 2 is 2.00 bits per heavy atom. The van der Waals surface area contributed by atoms with E-state index in [0.717, 1.165) is 13.0 Å². The SMILES string of the molecule is CCCNC(COc1ccc(C)c(F)c1)C(C)(C)C. The van der Waals surface area contributed by atoms with Gasteiger partial charge in [0.25, 0.3) is 0 Å². The molecule has 108 valence electrons. The van der Waals surface area contributed by atoms with Crippen molar-refractivity contribution in [1.82, 2.24) is 5.32 Å². The van der Waals surface area contributed by atoms with Crippen LogP contribution in [0.1, 0.15) is 39.7 Å². The van der Waals surface area contributed by atoms with Gasteiger partial charge in [0, 0.05) is 12.1 Å². The molecule has 3 heteroatoms. The largest absolute Gasteiger partial charge is 0.492 e. The lowest BCUT2D eigenvalue weighted by molar-refractivity contribution is 0.174. The van der Waals surface area contributed by atoms with Gasteiger partial charge in [-0.1, -0.05) is 33.8 Å². The van der Waals surface area contributed by atoms with E-state index in [9.17, 15) is 4.39 Å². The highest BCUT2D eigenvalue weighted by Crippen LogP contribution is 2.22. The third kappa shape index (κ3) is 5.19. The predicted octanol–water partition coefficient (Wildman–Crippen LogP) is 3.93. The molecule has 1 rings (SSSR count). The molecule has 1 unspecified atom stereocenters. The first-order valence-electron chi connectivity index (χ1n) is 6.97. The van der Waals surface area contributed by atoms with Gasteiger partial charge < -0.3 is 10.1 Å². The molecule has 1 N–H and O–H groups in total. The summed E-state index contributed by atoms with van der Waals surface area (Å²) in [6.07, 6.45) is 1.09. The first-order valence-corrected chi connectivity index (χ1v) is 6.97. The van der Waals surface area contributed by atoms with Gasteiger partial charge in [0.1, 0.15) is 18.2 Å². The highest BCUT2D eigenvalue weighted by atomic mass is 19.1. The molecule has 0 aromatic heterocycles. The molecule has 0 aliphatic carbocycles. The maximum Gasteiger partial charge on any atom is 0.129 e. The molecule has 0 bridgehead atoms. The minimum absolute atomic E-state index is 0.110. The monoisotopic (exact) mass is 267 g/mol. The molecule has 0 radical (unpaired) electrons. The maximum atomic E-state index is 13.4. The second kappa shape index (κ2) is 6.90. The van der Waals surface area contributed by atoms with Crippen molar-refractivity contribution in [1.29, 1.82) is 0 Å². The average Bonchev–Trinajstić information content (AvgIpc) is 2.32. The molecule has 0 fully saturated rings. The summed E-state index contributed by atoms with van der Waals surface area (Å²) < 4.78 is 19.2. The van der Waals surface area contributed by atoms with Gasteiger partial charge in [0.2, 0.25) is 0 Å². The van der Waals surface area contributed by atoms with Gasteiger partial charge in [-0.15, -0.1) is 0 Å². The molecule has 0 saturated heterocycles. The normalized spacial score (nSPS) is 13.4. The Balaban J connectivity index is 2.62. The number of aryl methyl sites for hydroxylation is 1. The third-order valence-corrected chi connectivity index (χ3v) is 3.25. The van der Waals surface area contributed by atoms with Gasteiger partial charge in [-0.25, -0.2) is 4.39 Å². The molecule has 0 spiro atoms. The number of nitrogens with one attached hydrogen (secondary N) is 1. The Bertz CT molecular complexity index is 398. The van der Waals surface area contributed by atoms with Crippen LogP contribution in [0, 0.1) is 18.2 Å². The molecule has 0 aliphatic heterocycles. The van der Waals surface area contributed by atoms with E-state index in [1.165, 1.54) is 6.07 Å². The molecule has 0 aliphatic rings. The van der Waals surface area contributed by atoms with Crippen LogP contribution in [0.4, 0.5) is 4.39 Å². The van der Waals surface area contributed by atoms with Gasteiger partial charge in [-0.3, -0.25) is 0 Å². The summed E-state index contributed by atoms with van der Waals surface area (Å²) >= 11 is 0. The summed E-state index contributed by atoms with van der Waals surface area (Å²) in [5.74, 6) is 0.377. The molecule has 0 heterocycles. The van der Waals surface area contributed by atoms with E-state index in [0.29, 0.717) is 17.9 Å². The smallest absolute Gasteiger partial charge is 0.129 e. The molecule has 2 nitrogen and oxygen atoms in total. The molecule has 19 heavy (non-hydrogen) atoms. The molecular formula is C16H26FNO. The first kappa shape index (κ1) is 16.0. The van der Waals surface area contributed by atoms with Crippen molar-refractivity contribution in [2.24, 2.45) is 5.41 Å². The average molecular weight is 267 g/mol. The molecule has 1 atom stereocenters. The lowest BCUT2D eigenvalue weighted by Crippen LogP contribution is -2.45. The van der Waals surface area contributed by atoms with Crippen LogP contribution in [0.15, 0.2) is 18.2 Å². The lowest BCUT2D eigenvalue weighted by atomic mass is 9.87. The molecule has 0 amide bonds. The van der Waals surface area contributed by atoms with Gasteiger partial charge >= 0.3 is 0 Å². The van der Waals surface area contributed by atoms with Crippen molar-refractivity contribution >= 4 is 0 Å². The second-order valence-corrected chi connectivity index (χ2v) is 6.09. The van der Waals surface area contributed by atoms with Crippen molar-refractivity contribution in [3.63, 3.8) is 0 Å². The van der Waals surface area contributed by atoms with Gasteiger partial charge in [-0.05, 0) is 36.9 Å². The van der Waals surface area contributed by atoms with E-state index in [2.05, 4.69) is 33.0 Å². The van der Waals surface area contributed by atoms with Crippen LogP contribution in [-0.2, 0) is 0 Å². The van der Waals surface area contributed by atoms with E-state index >= 15 is 0 Å². The summed E-state index contributed by atoms with van der Waals surface area (Å²) in [5.41, 5.74) is 0.752. The number of benzene rings is 1. The summed E-state index contributed by atoms with van der Waals surface area (Å²) in [6, 6.07) is 5.26. The van der Waals surface area contributed by atoms with Crippen LogP contribution in [0.25, 0.3) is 0 Å². The topological polar surface area (TPSA) is 21.3 Å². The third-order valence-electron chi connectivity index (χ3n) is 3.25. The van der Waals surface area contributed by atoms with Gasteiger partial charge in [0.05, 0.1) is 0 Å². The lowest BCUT2D eigenvalue weighted by Gasteiger charge is -2.31. The zero-order valence-corrected chi connectivity index (χ0v) is 12.7. The molecule has 1 aromatic carbocycles. The fourth-order valence-corrected chi connectivity index (χ4v) is 1.78. The highest BCUT2D eigenvalue weighted by Gasteiger charge is 2.24. The van der Waals surface area contributed by atoms with Crippen LogP contribution < -0.4 is 10.1 Å². The van der Waals surface area contributed by atoms with Gasteiger partial charge in [0.15, 0.2) is 0 Å². The first-order chi connectivity index (χ1) is 8.84. The highest BCUT2D eigenvalue weighted by molar-refractivity contribution is 5.28. The standard InChI is InChI=1S/C16H26FNO/c1-6-9-18-15(16(3,4)5)11-19-13-8-7-12(2)14(17)10-13/h7-8,10,15,18H,6,9,11H2,1-5H3. The molecule has 0 saturated carbocycles. The van der Waals surface area contributed by atoms with E-state index in [1.807, 2.05) is 6.07 Å². The number of halogens is 1. The summed E-state index contributed by atoms with van der Waals surface area (Å²) in [4.78, 5) is 0. The Hall–Kier alpha value is -1.09. The summed E-state index contributed by atoms with van der Waals surface area (Å²) in [6.45, 7) is 11.9. The Kier molecular flexibility index (Phi) is 5.80. The van der Waals surface area contributed by atoms with Crippen LogP contribution in [-0.4, -0.2) is 19.2 Å². The summed E-state index contributed by atoms with van der Waals surface area (Å²) in [7, 11) is 0. The van der Waals surface area contributed by atoms with Crippen LogP contribution >= 0.6 is 0 Å². The van der Waals surface area contributed by atoms with Crippen molar-refractivity contribution in [3.05, 3.63) is 29.6 Å². The fraction of sp³-hybridized carbons (Fsp3) is 0.625. The fourth-order valence-electron chi connectivity index (χ4n) is 1.78. The number of ether oxygens (including phenoxy) is 1. The Labute approximate surface area is 116 Å². The van der Waals surface area contributed by atoms with E-state index in [4.69, 9.17) is 4.74 Å². The molecular weight excluding hydrogens is 241 g/mol. The van der Waals surface area contributed by atoms with Crippen molar-refractivity contribution < 1.29 is 9.13 Å².